The lowest BCUT2D eigenvalue weighted by atomic mass is 10.1. The van der Waals surface area contributed by atoms with Gasteiger partial charge >= 0.3 is 0 Å². The fourth-order valence-corrected chi connectivity index (χ4v) is 1.71. The Morgan fingerprint density at radius 1 is 1.23 bits per heavy atom. The Balaban J connectivity index is 3.47. The zero-order valence-electron chi connectivity index (χ0n) is 7.20. The summed E-state index contributed by atoms with van der Waals surface area (Å²) in [7, 11) is -4.23. The van der Waals surface area contributed by atoms with Gasteiger partial charge in [0.2, 0.25) is 0 Å². The molecule has 0 heterocycles. The first-order valence-electron chi connectivity index (χ1n) is 3.56. The van der Waals surface area contributed by atoms with E-state index in [0.29, 0.717) is 0 Å². The van der Waals surface area contributed by atoms with Crippen molar-refractivity contribution in [1.82, 2.24) is 0 Å². The van der Waals surface area contributed by atoms with Crippen LogP contribution in [0.1, 0.15) is 11.1 Å². The third kappa shape index (κ3) is 2.05. The van der Waals surface area contributed by atoms with Gasteiger partial charge in [0, 0.05) is 0 Å². The van der Waals surface area contributed by atoms with Crippen LogP contribution in [0.25, 0.3) is 0 Å². The number of halogens is 1. The van der Waals surface area contributed by atoms with Gasteiger partial charge in [0.25, 0.3) is 10.1 Å². The molecule has 0 radical (unpaired) electrons. The van der Waals surface area contributed by atoms with E-state index in [0.717, 1.165) is 12.1 Å². The number of rotatable bonds is 1. The second-order valence-electron chi connectivity index (χ2n) is 2.85. The van der Waals surface area contributed by atoms with Gasteiger partial charge in [-0.05, 0) is 37.1 Å². The van der Waals surface area contributed by atoms with Crippen molar-refractivity contribution in [2.75, 3.05) is 0 Å². The third-order valence-corrected chi connectivity index (χ3v) is 2.54. The number of aryl methyl sites for hydroxylation is 2. The number of hydrogen-bond acceptors (Lipinski definition) is 2. The summed E-state index contributed by atoms with van der Waals surface area (Å²) in [5.74, 6) is -0.451. The molecule has 0 aliphatic heterocycles. The Bertz CT molecular complexity index is 414. The molecule has 1 rings (SSSR count). The Morgan fingerprint density at radius 3 is 1.92 bits per heavy atom. The van der Waals surface area contributed by atoms with Crippen LogP contribution < -0.4 is 0 Å². The van der Waals surface area contributed by atoms with Crippen LogP contribution in [0.4, 0.5) is 4.39 Å². The maximum Gasteiger partial charge on any atom is 0.294 e. The van der Waals surface area contributed by atoms with E-state index in [1.54, 1.807) is 0 Å². The molecule has 0 spiro atoms. The predicted molar refractivity (Wildman–Crippen MR) is 45.7 cm³/mol. The predicted octanol–water partition coefficient (Wildman–Crippen LogP) is 1.69. The van der Waals surface area contributed by atoms with Gasteiger partial charge in [-0.25, -0.2) is 4.39 Å². The van der Waals surface area contributed by atoms with Gasteiger partial charge in [0.05, 0.1) is 4.90 Å². The van der Waals surface area contributed by atoms with Crippen LogP contribution in [0.5, 0.6) is 0 Å². The minimum absolute atomic E-state index is 0.202. The molecule has 13 heavy (non-hydrogen) atoms. The second kappa shape index (κ2) is 3.08. The topological polar surface area (TPSA) is 54.4 Å². The van der Waals surface area contributed by atoms with Crippen LogP contribution in [0.15, 0.2) is 17.0 Å². The molecule has 0 fully saturated rings. The first-order chi connectivity index (χ1) is 5.82. The van der Waals surface area contributed by atoms with Crippen LogP contribution in [-0.4, -0.2) is 13.0 Å². The van der Waals surface area contributed by atoms with E-state index < -0.39 is 15.9 Å². The maximum absolute atomic E-state index is 13.0. The van der Waals surface area contributed by atoms with Gasteiger partial charge < -0.3 is 0 Å². The lowest BCUT2D eigenvalue weighted by molar-refractivity contribution is 0.482. The van der Waals surface area contributed by atoms with E-state index >= 15 is 0 Å². The molecule has 1 aromatic rings. The second-order valence-corrected chi connectivity index (χ2v) is 4.27. The highest BCUT2D eigenvalue weighted by molar-refractivity contribution is 7.85. The molecule has 1 aromatic carbocycles. The van der Waals surface area contributed by atoms with Crippen molar-refractivity contribution in [3.63, 3.8) is 0 Å². The Kier molecular flexibility index (Phi) is 2.40. The van der Waals surface area contributed by atoms with E-state index in [9.17, 15) is 12.8 Å². The third-order valence-electron chi connectivity index (χ3n) is 1.71. The molecule has 72 valence electrons. The van der Waals surface area contributed by atoms with Crippen molar-refractivity contribution in [1.29, 1.82) is 0 Å². The normalized spacial score (nSPS) is 11.7. The molecule has 0 aliphatic carbocycles. The smallest absolute Gasteiger partial charge is 0.282 e. The van der Waals surface area contributed by atoms with Gasteiger partial charge in [-0.2, -0.15) is 8.42 Å². The standard InChI is InChI=1S/C8H9FO3S/c1-5-3-7(13(10,11)12)4-6(2)8(5)9/h3-4H,1-2H3,(H,10,11,12). The quantitative estimate of drug-likeness (QED) is 0.708. The van der Waals surface area contributed by atoms with Crippen LogP contribution in [0.2, 0.25) is 0 Å². The highest BCUT2D eigenvalue weighted by Gasteiger charge is 2.13. The van der Waals surface area contributed by atoms with Crippen molar-refractivity contribution in [2.24, 2.45) is 0 Å². The molecule has 0 unspecified atom stereocenters. The highest BCUT2D eigenvalue weighted by atomic mass is 32.2. The summed E-state index contributed by atoms with van der Waals surface area (Å²) in [5.41, 5.74) is 0.403. The van der Waals surface area contributed by atoms with Gasteiger partial charge in [-0.3, -0.25) is 4.55 Å². The molecule has 3 nitrogen and oxygen atoms in total. The molecular weight excluding hydrogens is 195 g/mol. The summed E-state index contributed by atoms with van der Waals surface area (Å²) >= 11 is 0. The van der Waals surface area contributed by atoms with E-state index in [1.165, 1.54) is 13.8 Å². The Morgan fingerprint density at radius 2 is 1.62 bits per heavy atom. The molecule has 5 heteroatoms. The molecular formula is C8H9FO3S. The average molecular weight is 204 g/mol. The monoisotopic (exact) mass is 204 g/mol. The average Bonchev–Trinajstić information content (AvgIpc) is 1.97. The Hall–Kier alpha value is -0.940. The Labute approximate surface area is 76.0 Å². The summed E-state index contributed by atoms with van der Waals surface area (Å²) < 4.78 is 43.1. The molecule has 0 aliphatic rings. The summed E-state index contributed by atoms with van der Waals surface area (Å²) in [6.07, 6.45) is 0. The minimum Gasteiger partial charge on any atom is -0.282 e. The largest absolute Gasteiger partial charge is 0.294 e. The van der Waals surface area contributed by atoms with Crippen molar-refractivity contribution in [2.45, 2.75) is 18.7 Å². The molecule has 0 amide bonds. The van der Waals surface area contributed by atoms with Crippen molar-refractivity contribution < 1.29 is 17.4 Å². The summed E-state index contributed by atoms with van der Waals surface area (Å²) in [5, 5.41) is 0. The molecule has 0 bridgehead atoms. The first kappa shape index (κ1) is 10.1. The van der Waals surface area contributed by atoms with Gasteiger partial charge in [0.15, 0.2) is 0 Å². The van der Waals surface area contributed by atoms with Crippen molar-refractivity contribution in [3.8, 4) is 0 Å². The van der Waals surface area contributed by atoms with E-state index in [2.05, 4.69) is 0 Å². The fourth-order valence-electron chi connectivity index (χ4n) is 1.06. The fraction of sp³-hybridized carbons (Fsp3) is 0.250. The molecule has 1 N–H and O–H groups in total. The van der Waals surface area contributed by atoms with E-state index in [1.807, 2.05) is 0 Å². The van der Waals surface area contributed by atoms with Crippen LogP contribution in [0.3, 0.4) is 0 Å². The molecule has 0 saturated carbocycles. The lowest BCUT2D eigenvalue weighted by Gasteiger charge is -2.03. The number of benzene rings is 1. The maximum atomic E-state index is 13.0. The van der Waals surface area contributed by atoms with Gasteiger partial charge in [-0.15, -0.1) is 0 Å². The van der Waals surface area contributed by atoms with Crippen molar-refractivity contribution in [3.05, 3.63) is 29.1 Å². The molecule has 0 atom stereocenters. The minimum atomic E-state index is -4.23. The number of hydrogen-bond donors (Lipinski definition) is 1. The van der Waals surface area contributed by atoms with Gasteiger partial charge in [-0.1, -0.05) is 0 Å². The van der Waals surface area contributed by atoms with Crippen LogP contribution in [-0.2, 0) is 10.1 Å². The summed E-state index contributed by atoms with van der Waals surface area (Å²) in [6.45, 7) is 2.88. The molecule has 0 aromatic heterocycles. The van der Waals surface area contributed by atoms with Crippen LogP contribution in [0, 0.1) is 19.7 Å². The summed E-state index contributed by atoms with van der Waals surface area (Å²) in [6, 6.07) is 2.19. The van der Waals surface area contributed by atoms with Crippen LogP contribution >= 0.6 is 0 Å². The van der Waals surface area contributed by atoms with Crippen molar-refractivity contribution >= 4 is 10.1 Å². The SMILES string of the molecule is Cc1cc(S(=O)(=O)O)cc(C)c1F. The molecule has 0 saturated heterocycles. The first-order valence-corrected chi connectivity index (χ1v) is 5.00. The zero-order valence-corrected chi connectivity index (χ0v) is 8.02. The van der Waals surface area contributed by atoms with E-state index in [-0.39, 0.29) is 16.0 Å². The summed E-state index contributed by atoms with van der Waals surface area (Å²) in [4.78, 5) is -0.274. The van der Waals surface area contributed by atoms with E-state index in [4.69, 9.17) is 4.55 Å². The highest BCUT2D eigenvalue weighted by Crippen LogP contribution is 2.17. The zero-order chi connectivity index (χ0) is 10.2. The van der Waals surface area contributed by atoms with Gasteiger partial charge in [0.1, 0.15) is 5.82 Å². The lowest BCUT2D eigenvalue weighted by Crippen LogP contribution is -2.00.